The second-order valence-electron chi connectivity index (χ2n) is 6.46. The largest absolute Gasteiger partial charge is 0.489 e. The molecule has 1 heterocycles. The Morgan fingerprint density at radius 2 is 2.04 bits per heavy atom. The van der Waals surface area contributed by atoms with Crippen molar-refractivity contribution in [3.63, 3.8) is 0 Å². The fourth-order valence-corrected chi connectivity index (χ4v) is 2.91. The predicted octanol–water partition coefficient (Wildman–Crippen LogP) is 1.14. The van der Waals surface area contributed by atoms with Crippen molar-refractivity contribution in [1.82, 2.24) is 10.6 Å². The van der Waals surface area contributed by atoms with E-state index in [4.69, 9.17) is 4.74 Å². The van der Waals surface area contributed by atoms with Gasteiger partial charge in [0.2, 0.25) is 5.91 Å². The van der Waals surface area contributed by atoms with Gasteiger partial charge in [0.25, 0.3) is 0 Å². The van der Waals surface area contributed by atoms with Gasteiger partial charge in [-0.25, -0.2) is 0 Å². The molecule has 3 rings (SSSR count). The van der Waals surface area contributed by atoms with Crippen molar-refractivity contribution in [3.05, 3.63) is 65.7 Å². The molecule has 1 aliphatic heterocycles. The number of carbonyl (C=O) groups excluding carboxylic acids is 1. The van der Waals surface area contributed by atoms with Crippen LogP contribution in [0, 0.1) is 0 Å². The normalized spacial score (nSPS) is 20.5. The average molecular weight is 356 g/mol. The minimum Gasteiger partial charge on any atom is -0.489 e. The third-order valence-electron chi connectivity index (χ3n) is 4.38. The lowest BCUT2D eigenvalue weighted by Crippen LogP contribution is -2.41. The van der Waals surface area contributed by atoms with Crippen LogP contribution in [0.2, 0.25) is 0 Å². The molecule has 26 heavy (non-hydrogen) atoms. The molecule has 6 heteroatoms. The standard InChI is InChI=1S/C20H24N2O4/c23-16-10-18(21-11-16)20(25)22-12-19(24)15-7-4-8-17(9-15)26-13-14-5-2-1-3-6-14/h1-9,16,18-19,21,23-24H,10-13H2,(H,22,25)/t16-,18-,19-/m0/s1. The highest BCUT2D eigenvalue weighted by Crippen LogP contribution is 2.20. The minimum atomic E-state index is -0.828. The molecule has 0 bridgehead atoms. The Balaban J connectivity index is 1.51. The summed E-state index contributed by atoms with van der Waals surface area (Å²) < 4.78 is 5.77. The van der Waals surface area contributed by atoms with Crippen molar-refractivity contribution in [3.8, 4) is 5.75 Å². The maximum absolute atomic E-state index is 12.0. The van der Waals surface area contributed by atoms with E-state index >= 15 is 0 Å². The van der Waals surface area contributed by atoms with Crippen LogP contribution in [-0.2, 0) is 11.4 Å². The highest BCUT2D eigenvalue weighted by Gasteiger charge is 2.28. The summed E-state index contributed by atoms with van der Waals surface area (Å²) in [5, 5.41) is 25.5. The van der Waals surface area contributed by atoms with Crippen molar-refractivity contribution in [2.24, 2.45) is 0 Å². The van der Waals surface area contributed by atoms with Gasteiger partial charge in [0.05, 0.1) is 18.2 Å². The minimum absolute atomic E-state index is 0.106. The number of aliphatic hydroxyl groups excluding tert-OH is 2. The molecule has 0 unspecified atom stereocenters. The Bertz CT molecular complexity index is 723. The van der Waals surface area contributed by atoms with Crippen LogP contribution in [0.3, 0.4) is 0 Å². The molecule has 6 nitrogen and oxygen atoms in total. The first-order valence-corrected chi connectivity index (χ1v) is 8.76. The number of nitrogens with one attached hydrogen (secondary N) is 2. The maximum atomic E-state index is 12.0. The second kappa shape index (κ2) is 8.80. The lowest BCUT2D eigenvalue weighted by atomic mass is 10.1. The van der Waals surface area contributed by atoms with E-state index in [1.165, 1.54) is 0 Å². The summed E-state index contributed by atoms with van der Waals surface area (Å²) in [4.78, 5) is 12.0. The molecule has 0 saturated carbocycles. The van der Waals surface area contributed by atoms with Crippen molar-refractivity contribution in [2.75, 3.05) is 13.1 Å². The van der Waals surface area contributed by atoms with E-state index in [2.05, 4.69) is 10.6 Å². The first-order valence-electron chi connectivity index (χ1n) is 8.76. The third-order valence-corrected chi connectivity index (χ3v) is 4.38. The van der Waals surface area contributed by atoms with Gasteiger partial charge in [-0.05, 0) is 29.7 Å². The molecule has 0 aliphatic carbocycles. The number of aliphatic hydroxyl groups is 2. The highest BCUT2D eigenvalue weighted by molar-refractivity contribution is 5.82. The van der Waals surface area contributed by atoms with E-state index in [0.29, 0.717) is 30.9 Å². The highest BCUT2D eigenvalue weighted by atomic mass is 16.5. The van der Waals surface area contributed by atoms with Gasteiger partial charge in [0.15, 0.2) is 0 Å². The fraction of sp³-hybridized carbons (Fsp3) is 0.350. The van der Waals surface area contributed by atoms with Crippen molar-refractivity contribution in [1.29, 1.82) is 0 Å². The van der Waals surface area contributed by atoms with Crippen LogP contribution < -0.4 is 15.4 Å². The summed E-state index contributed by atoms with van der Waals surface area (Å²) in [6.45, 7) is 0.976. The van der Waals surface area contributed by atoms with Gasteiger partial charge in [-0.15, -0.1) is 0 Å². The third kappa shape index (κ3) is 5.05. The topological polar surface area (TPSA) is 90.8 Å². The molecular weight excluding hydrogens is 332 g/mol. The molecule has 1 saturated heterocycles. The Morgan fingerprint density at radius 1 is 1.23 bits per heavy atom. The number of carbonyl (C=O) groups is 1. The summed E-state index contributed by atoms with van der Waals surface area (Å²) in [6, 6.07) is 16.7. The van der Waals surface area contributed by atoms with Gasteiger partial charge in [-0.2, -0.15) is 0 Å². The quantitative estimate of drug-likeness (QED) is 0.597. The van der Waals surface area contributed by atoms with Gasteiger partial charge in [-0.3, -0.25) is 4.79 Å². The fourth-order valence-electron chi connectivity index (χ4n) is 2.91. The maximum Gasteiger partial charge on any atom is 0.237 e. The Morgan fingerprint density at radius 3 is 2.77 bits per heavy atom. The summed E-state index contributed by atoms with van der Waals surface area (Å²) in [6.07, 6.45) is -0.926. The average Bonchev–Trinajstić information content (AvgIpc) is 3.12. The number of amides is 1. The number of hydrogen-bond donors (Lipinski definition) is 4. The second-order valence-corrected chi connectivity index (χ2v) is 6.46. The van der Waals surface area contributed by atoms with E-state index in [-0.39, 0.29) is 12.5 Å². The van der Waals surface area contributed by atoms with Crippen molar-refractivity contribution >= 4 is 5.91 Å². The van der Waals surface area contributed by atoms with Crippen LogP contribution in [-0.4, -0.2) is 41.4 Å². The predicted molar refractivity (Wildman–Crippen MR) is 97.6 cm³/mol. The van der Waals surface area contributed by atoms with Crippen molar-refractivity contribution in [2.45, 2.75) is 31.3 Å². The molecule has 0 spiro atoms. The molecule has 138 valence electrons. The molecule has 4 N–H and O–H groups in total. The Kier molecular flexibility index (Phi) is 6.22. The summed E-state index contributed by atoms with van der Waals surface area (Å²) in [7, 11) is 0. The Hall–Kier alpha value is -2.41. The van der Waals surface area contributed by atoms with Gasteiger partial charge in [-0.1, -0.05) is 42.5 Å². The number of β-amino-alcohol motifs (C(OH)–C–C–N with tert-alkyl or cyclic N) is 1. The van der Waals surface area contributed by atoms with Gasteiger partial charge < -0.3 is 25.6 Å². The van der Waals surface area contributed by atoms with Crippen LogP contribution in [0.15, 0.2) is 54.6 Å². The molecule has 2 aromatic carbocycles. The zero-order chi connectivity index (χ0) is 18.4. The van der Waals surface area contributed by atoms with Crippen LogP contribution in [0.25, 0.3) is 0 Å². The van der Waals surface area contributed by atoms with Crippen LogP contribution in [0.4, 0.5) is 0 Å². The van der Waals surface area contributed by atoms with Crippen LogP contribution in [0.5, 0.6) is 5.75 Å². The van der Waals surface area contributed by atoms with Gasteiger partial charge in [0.1, 0.15) is 12.4 Å². The molecule has 0 aromatic heterocycles. The van der Waals surface area contributed by atoms with E-state index in [0.717, 1.165) is 5.56 Å². The van der Waals surface area contributed by atoms with Crippen molar-refractivity contribution < 1.29 is 19.7 Å². The molecule has 1 aliphatic rings. The molecular formula is C20H24N2O4. The molecule has 3 atom stereocenters. The first kappa shape index (κ1) is 18.4. The van der Waals surface area contributed by atoms with E-state index in [9.17, 15) is 15.0 Å². The van der Waals surface area contributed by atoms with E-state index in [1.54, 1.807) is 12.1 Å². The molecule has 1 amide bonds. The van der Waals surface area contributed by atoms with Gasteiger partial charge >= 0.3 is 0 Å². The smallest absolute Gasteiger partial charge is 0.237 e. The zero-order valence-electron chi connectivity index (χ0n) is 14.5. The lowest BCUT2D eigenvalue weighted by molar-refractivity contribution is -0.123. The molecule has 0 radical (unpaired) electrons. The first-order chi connectivity index (χ1) is 12.6. The molecule has 2 aromatic rings. The lowest BCUT2D eigenvalue weighted by Gasteiger charge is -2.16. The monoisotopic (exact) mass is 356 g/mol. The summed E-state index contributed by atoms with van der Waals surface area (Å²) in [5.41, 5.74) is 1.74. The molecule has 1 fully saturated rings. The summed E-state index contributed by atoms with van der Waals surface area (Å²) in [5.74, 6) is 0.453. The van der Waals surface area contributed by atoms with E-state index in [1.807, 2.05) is 42.5 Å². The number of hydrogen-bond acceptors (Lipinski definition) is 5. The van der Waals surface area contributed by atoms with Gasteiger partial charge in [0, 0.05) is 13.1 Å². The number of benzene rings is 2. The Labute approximate surface area is 152 Å². The number of ether oxygens (including phenoxy) is 1. The SMILES string of the molecule is O=C(NC[C@H](O)c1cccc(OCc2ccccc2)c1)[C@@H]1C[C@H](O)CN1. The van der Waals surface area contributed by atoms with E-state index < -0.39 is 18.2 Å². The van der Waals surface area contributed by atoms with Crippen LogP contribution in [0.1, 0.15) is 23.7 Å². The summed E-state index contributed by atoms with van der Waals surface area (Å²) >= 11 is 0. The zero-order valence-corrected chi connectivity index (χ0v) is 14.5. The van der Waals surface area contributed by atoms with Crippen LogP contribution >= 0.6 is 0 Å². The number of rotatable bonds is 7.